The van der Waals surface area contributed by atoms with Gasteiger partial charge in [0.1, 0.15) is 17.1 Å². The van der Waals surface area contributed by atoms with E-state index in [-0.39, 0.29) is 11.3 Å². The fraction of sp³-hybridized carbons (Fsp3) is 0.0667. The van der Waals surface area contributed by atoms with E-state index in [0.29, 0.717) is 10.8 Å². The van der Waals surface area contributed by atoms with Crippen LogP contribution >= 0.6 is 12.2 Å². The van der Waals surface area contributed by atoms with E-state index in [2.05, 4.69) is 10.6 Å². The minimum atomic E-state index is -1.21. The van der Waals surface area contributed by atoms with E-state index in [4.69, 9.17) is 22.1 Å². The van der Waals surface area contributed by atoms with E-state index in [1.807, 2.05) is 0 Å². The van der Waals surface area contributed by atoms with E-state index in [0.717, 1.165) is 11.4 Å². The molecule has 2 rings (SSSR count). The van der Waals surface area contributed by atoms with Crippen molar-refractivity contribution in [3.05, 3.63) is 48.0 Å². The molecule has 0 heterocycles. The van der Waals surface area contributed by atoms with Crippen LogP contribution in [-0.4, -0.2) is 28.4 Å². The van der Waals surface area contributed by atoms with Gasteiger partial charge in [-0.3, -0.25) is 0 Å². The summed E-state index contributed by atoms with van der Waals surface area (Å²) in [6.45, 7) is 0. The van der Waals surface area contributed by atoms with Crippen LogP contribution in [0.3, 0.4) is 0 Å². The van der Waals surface area contributed by atoms with E-state index in [1.165, 1.54) is 18.2 Å². The van der Waals surface area contributed by atoms with Gasteiger partial charge in [-0.15, -0.1) is 0 Å². The van der Waals surface area contributed by atoms with E-state index in [9.17, 15) is 9.90 Å². The number of methoxy groups -OCH3 is 1. The summed E-state index contributed by atoms with van der Waals surface area (Å²) in [4.78, 5) is 11.0. The molecule has 0 aliphatic carbocycles. The van der Waals surface area contributed by atoms with Gasteiger partial charge in [0, 0.05) is 11.4 Å². The number of thiocarbonyl (C=S) groups is 1. The van der Waals surface area contributed by atoms with Crippen molar-refractivity contribution in [2.24, 2.45) is 0 Å². The minimum absolute atomic E-state index is 0.197. The summed E-state index contributed by atoms with van der Waals surface area (Å²) < 4.78 is 5.06. The number of carboxylic acids is 1. The van der Waals surface area contributed by atoms with Crippen molar-refractivity contribution in [2.75, 3.05) is 17.7 Å². The summed E-state index contributed by atoms with van der Waals surface area (Å²) in [5.41, 5.74) is 1.02. The topological polar surface area (TPSA) is 90.8 Å². The van der Waals surface area contributed by atoms with Gasteiger partial charge in [-0.1, -0.05) is 0 Å². The molecule has 7 heteroatoms. The van der Waals surface area contributed by atoms with Gasteiger partial charge < -0.3 is 25.6 Å². The Kier molecular flexibility index (Phi) is 4.80. The number of hydrogen-bond donors (Lipinski definition) is 4. The van der Waals surface area contributed by atoms with Crippen molar-refractivity contribution in [2.45, 2.75) is 0 Å². The summed E-state index contributed by atoms with van der Waals surface area (Å²) >= 11 is 5.16. The Balaban J connectivity index is 2.05. The second kappa shape index (κ2) is 6.77. The molecule has 22 heavy (non-hydrogen) atoms. The molecule has 6 nitrogen and oxygen atoms in total. The van der Waals surface area contributed by atoms with Crippen molar-refractivity contribution in [1.29, 1.82) is 0 Å². The highest BCUT2D eigenvalue weighted by atomic mass is 32.1. The lowest BCUT2D eigenvalue weighted by molar-refractivity contribution is 0.0694. The molecule has 0 radical (unpaired) electrons. The summed E-state index contributed by atoms with van der Waals surface area (Å²) in [6.07, 6.45) is 0. The van der Waals surface area contributed by atoms with Crippen molar-refractivity contribution in [3.8, 4) is 11.5 Å². The monoisotopic (exact) mass is 318 g/mol. The number of aromatic carboxylic acids is 1. The Hall–Kier alpha value is -2.80. The zero-order valence-corrected chi connectivity index (χ0v) is 12.5. The molecule has 0 spiro atoms. The standard InChI is InChI=1S/C15H14N2O4S/c1-21-11-5-2-9(3-6-11)16-15(22)17-10-4-7-13(18)12(8-10)14(19)20/h2-8,18H,1H3,(H,19,20)(H2,16,17,22). The van der Waals surface area contributed by atoms with Crippen molar-refractivity contribution >= 4 is 34.7 Å². The third kappa shape index (κ3) is 3.86. The lowest BCUT2D eigenvalue weighted by atomic mass is 10.2. The van der Waals surface area contributed by atoms with Crippen LogP contribution in [0.2, 0.25) is 0 Å². The SMILES string of the molecule is COc1ccc(NC(=S)Nc2ccc(O)c(C(=O)O)c2)cc1. The second-order valence-electron chi connectivity index (χ2n) is 4.34. The highest BCUT2D eigenvalue weighted by molar-refractivity contribution is 7.80. The van der Waals surface area contributed by atoms with Gasteiger partial charge in [-0.25, -0.2) is 4.79 Å². The van der Waals surface area contributed by atoms with Crippen LogP contribution in [0.25, 0.3) is 0 Å². The van der Waals surface area contributed by atoms with Crippen LogP contribution < -0.4 is 15.4 Å². The molecule has 0 fully saturated rings. The maximum absolute atomic E-state index is 11.0. The van der Waals surface area contributed by atoms with E-state index in [1.54, 1.807) is 31.4 Å². The first-order valence-corrected chi connectivity index (χ1v) is 6.69. The fourth-order valence-electron chi connectivity index (χ4n) is 1.75. The van der Waals surface area contributed by atoms with Crippen LogP contribution in [0, 0.1) is 0 Å². The molecule has 0 aromatic heterocycles. The number of carboxylic acid groups (broad SMARTS) is 1. The Morgan fingerprint density at radius 3 is 2.27 bits per heavy atom. The summed E-state index contributed by atoms with van der Waals surface area (Å²) in [5, 5.41) is 24.5. The Bertz CT molecular complexity index is 701. The Morgan fingerprint density at radius 2 is 1.68 bits per heavy atom. The van der Waals surface area contributed by atoms with Gasteiger partial charge in [0.05, 0.1) is 7.11 Å². The normalized spacial score (nSPS) is 9.86. The lowest BCUT2D eigenvalue weighted by Gasteiger charge is -2.12. The number of rotatable bonds is 4. The first-order valence-electron chi connectivity index (χ1n) is 6.28. The lowest BCUT2D eigenvalue weighted by Crippen LogP contribution is -2.19. The zero-order chi connectivity index (χ0) is 16.1. The molecule has 0 unspecified atom stereocenters. The van der Waals surface area contributed by atoms with Gasteiger partial charge in [-0.2, -0.15) is 0 Å². The number of anilines is 2. The van der Waals surface area contributed by atoms with Crippen LogP contribution in [0.4, 0.5) is 11.4 Å². The summed E-state index contributed by atoms with van der Waals surface area (Å²) in [7, 11) is 1.58. The average Bonchev–Trinajstić information content (AvgIpc) is 2.49. The number of hydrogen-bond acceptors (Lipinski definition) is 4. The maximum atomic E-state index is 11.0. The molecule has 0 saturated carbocycles. The van der Waals surface area contributed by atoms with Crippen molar-refractivity contribution in [3.63, 3.8) is 0 Å². The Labute approximate surface area is 132 Å². The largest absolute Gasteiger partial charge is 0.507 e. The van der Waals surface area contributed by atoms with E-state index < -0.39 is 5.97 Å². The van der Waals surface area contributed by atoms with Crippen LogP contribution in [0.15, 0.2) is 42.5 Å². The molecular weight excluding hydrogens is 304 g/mol. The minimum Gasteiger partial charge on any atom is -0.507 e. The van der Waals surface area contributed by atoms with Crippen LogP contribution in [0.1, 0.15) is 10.4 Å². The number of phenols is 1. The fourth-order valence-corrected chi connectivity index (χ4v) is 1.99. The number of aromatic hydroxyl groups is 1. The van der Waals surface area contributed by atoms with Gasteiger partial charge in [0.25, 0.3) is 0 Å². The van der Waals surface area contributed by atoms with Gasteiger partial charge >= 0.3 is 5.97 Å². The molecular formula is C15H14N2O4S. The van der Waals surface area contributed by atoms with Crippen molar-refractivity contribution in [1.82, 2.24) is 0 Å². The predicted molar refractivity (Wildman–Crippen MR) is 87.9 cm³/mol. The van der Waals surface area contributed by atoms with Gasteiger partial charge in [-0.05, 0) is 54.7 Å². The van der Waals surface area contributed by atoms with E-state index >= 15 is 0 Å². The predicted octanol–water partition coefficient (Wildman–Crippen LogP) is 2.91. The summed E-state index contributed by atoms with van der Waals surface area (Å²) in [5.74, 6) is -0.781. The van der Waals surface area contributed by atoms with Crippen LogP contribution in [-0.2, 0) is 0 Å². The number of ether oxygens (including phenoxy) is 1. The average molecular weight is 318 g/mol. The maximum Gasteiger partial charge on any atom is 0.339 e. The summed E-state index contributed by atoms with van der Waals surface area (Å²) in [6, 6.07) is 11.3. The highest BCUT2D eigenvalue weighted by Crippen LogP contribution is 2.22. The van der Waals surface area contributed by atoms with Crippen molar-refractivity contribution < 1.29 is 19.7 Å². The van der Waals surface area contributed by atoms with Crippen LogP contribution in [0.5, 0.6) is 11.5 Å². The second-order valence-corrected chi connectivity index (χ2v) is 4.75. The smallest absolute Gasteiger partial charge is 0.339 e. The molecule has 4 N–H and O–H groups in total. The molecule has 0 amide bonds. The zero-order valence-electron chi connectivity index (χ0n) is 11.7. The third-order valence-electron chi connectivity index (χ3n) is 2.83. The molecule has 2 aromatic carbocycles. The molecule has 2 aromatic rings. The molecule has 0 saturated heterocycles. The number of nitrogens with one attached hydrogen (secondary N) is 2. The molecule has 0 atom stereocenters. The quantitative estimate of drug-likeness (QED) is 0.509. The molecule has 0 aliphatic heterocycles. The molecule has 0 aliphatic rings. The van der Waals surface area contributed by atoms with Gasteiger partial charge in [0.2, 0.25) is 0 Å². The molecule has 114 valence electrons. The number of benzene rings is 2. The molecule has 0 bridgehead atoms. The van der Waals surface area contributed by atoms with Gasteiger partial charge in [0.15, 0.2) is 5.11 Å². The third-order valence-corrected chi connectivity index (χ3v) is 3.04. The number of carbonyl (C=O) groups is 1. The highest BCUT2D eigenvalue weighted by Gasteiger charge is 2.10. The first-order chi connectivity index (χ1) is 10.5. The first kappa shape index (κ1) is 15.6. The Morgan fingerprint density at radius 1 is 1.09 bits per heavy atom.